The van der Waals surface area contributed by atoms with Crippen LogP contribution in [0.3, 0.4) is 0 Å². The van der Waals surface area contributed by atoms with Crippen LogP contribution in [0, 0.1) is 0 Å². The molecule has 0 aliphatic carbocycles. The van der Waals surface area contributed by atoms with E-state index in [2.05, 4.69) is 74.5 Å². The molecule has 3 rings (SSSR count). The highest BCUT2D eigenvalue weighted by Crippen LogP contribution is 2.33. The maximum absolute atomic E-state index is 4.93. The van der Waals surface area contributed by atoms with E-state index < -0.39 is 0 Å². The zero-order chi connectivity index (χ0) is 14.9. The molecule has 0 spiro atoms. The number of rotatable bonds is 3. The van der Waals surface area contributed by atoms with Crippen LogP contribution in [0.5, 0.6) is 0 Å². The fourth-order valence-electron chi connectivity index (χ4n) is 2.59. The summed E-state index contributed by atoms with van der Waals surface area (Å²) >= 11 is 0. The van der Waals surface area contributed by atoms with Crippen LogP contribution in [0.4, 0.5) is 5.69 Å². The molecule has 1 aliphatic rings. The van der Waals surface area contributed by atoms with Crippen molar-refractivity contribution >= 4 is 11.4 Å². The summed E-state index contributed by atoms with van der Waals surface area (Å²) in [4.78, 5) is 7.03. The summed E-state index contributed by atoms with van der Waals surface area (Å²) in [6.07, 6.45) is 4.30. The van der Waals surface area contributed by atoms with Crippen molar-refractivity contribution in [2.45, 2.75) is 12.5 Å². The molecule has 0 saturated carbocycles. The summed E-state index contributed by atoms with van der Waals surface area (Å²) in [6.45, 7) is 2.16. The van der Waals surface area contributed by atoms with Gasteiger partial charge in [0.15, 0.2) is 0 Å². The summed E-state index contributed by atoms with van der Waals surface area (Å²) < 4.78 is 0. The summed E-state index contributed by atoms with van der Waals surface area (Å²) in [5.41, 5.74) is 4.37. The van der Waals surface area contributed by atoms with Gasteiger partial charge in [-0.1, -0.05) is 48.5 Å². The van der Waals surface area contributed by atoms with E-state index >= 15 is 0 Å². The Labute approximate surface area is 126 Å². The Morgan fingerprint density at radius 1 is 0.905 bits per heavy atom. The lowest BCUT2D eigenvalue weighted by atomic mass is 9.93. The molecule has 106 valence electrons. The molecule has 0 N–H and O–H groups in total. The number of nitrogens with zero attached hydrogens (tertiary/aromatic N) is 2. The van der Waals surface area contributed by atoms with E-state index in [1.54, 1.807) is 0 Å². The van der Waals surface area contributed by atoms with Gasteiger partial charge in [0.2, 0.25) is 0 Å². The van der Waals surface area contributed by atoms with Gasteiger partial charge in [0.1, 0.15) is 5.54 Å². The van der Waals surface area contributed by atoms with Gasteiger partial charge < -0.3 is 4.90 Å². The Morgan fingerprint density at radius 2 is 1.57 bits per heavy atom. The van der Waals surface area contributed by atoms with Gasteiger partial charge in [-0.3, -0.25) is 4.99 Å². The predicted octanol–water partition coefficient (Wildman–Crippen LogP) is 4.03. The molecule has 0 bridgehead atoms. The summed E-state index contributed by atoms with van der Waals surface area (Å²) in [6, 6.07) is 18.9. The monoisotopic (exact) mass is 276 g/mol. The number of aliphatic imine (C=N–C) groups is 1. The molecule has 2 nitrogen and oxygen atoms in total. The lowest BCUT2D eigenvalue weighted by Crippen LogP contribution is -2.15. The van der Waals surface area contributed by atoms with Crippen LogP contribution in [-0.4, -0.2) is 19.8 Å². The first kappa shape index (κ1) is 13.6. The highest BCUT2D eigenvalue weighted by atomic mass is 15.1. The lowest BCUT2D eigenvalue weighted by Gasteiger charge is -2.21. The van der Waals surface area contributed by atoms with Crippen molar-refractivity contribution in [1.29, 1.82) is 0 Å². The number of benzene rings is 2. The van der Waals surface area contributed by atoms with Gasteiger partial charge in [0, 0.05) is 19.8 Å². The molecule has 2 aromatic carbocycles. The minimum Gasteiger partial charge on any atom is -0.378 e. The molecule has 1 heterocycles. The first-order valence-corrected chi connectivity index (χ1v) is 7.21. The van der Waals surface area contributed by atoms with E-state index in [-0.39, 0.29) is 5.54 Å². The van der Waals surface area contributed by atoms with Crippen LogP contribution in [0.1, 0.15) is 18.1 Å². The summed E-state index contributed by atoms with van der Waals surface area (Å²) in [5.74, 6) is 0. The second kappa shape index (κ2) is 5.21. The molecule has 0 aromatic heterocycles. The SMILES string of the molecule is CN(C)c1ccc(C2(C)C=CC(c3ccccc3)=N2)cc1. The normalized spacial score (nSPS) is 20.4. The first-order valence-electron chi connectivity index (χ1n) is 7.21. The van der Waals surface area contributed by atoms with Crippen molar-refractivity contribution in [2.75, 3.05) is 19.0 Å². The number of hydrogen-bond acceptors (Lipinski definition) is 2. The predicted molar refractivity (Wildman–Crippen MR) is 90.2 cm³/mol. The molecule has 21 heavy (non-hydrogen) atoms. The third-order valence-electron chi connectivity index (χ3n) is 3.96. The highest BCUT2D eigenvalue weighted by Gasteiger charge is 2.27. The molecule has 1 aliphatic heterocycles. The van der Waals surface area contributed by atoms with Gasteiger partial charge in [-0.05, 0) is 36.3 Å². The van der Waals surface area contributed by atoms with E-state index in [4.69, 9.17) is 4.99 Å². The molecular formula is C19H20N2. The Balaban J connectivity index is 1.92. The fourth-order valence-corrected chi connectivity index (χ4v) is 2.59. The molecule has 1 unspecified atom stereocenters. The summed E-state index contributed by atoms with van der Waals surface area (Å²) in [5, 5.41) is 0. The summed E-state index contributed by atoms with van der Waals surface area (Å²) in [7, 11) is 4.11. The topological polar surface area (TPSA) is 15.6 Å². The molecular weight excluding hydrogens is 256 g/mol. The molecule has 0 fully saturated rings. The maximum atomic E-state index is 4.93. The van der Waals surface area contributed by atoms with Gasteiger partial charge in [-0.25, -0.2) is 0 Å². The number of hydrogen-bond donors (Lipinski definition) is 0. The molecule has 0 amide bonds. The first-order chi connectivity index (χ1) is 10.1. The third-order valence-corrected chi connectivity index (χ3v) is 3.96. The van der Waals surface area contributed by atoms with Crippen molar-refractivity contribution < 1.29 is 0 Å². The average molecular weight is 276 g/mol. The van der Waals surface area contributed by atoms with Crippen LogP contribution < -0.4 is 4.90 Å². The molecule has 2 aromatic rings. The number of allylic oxidation sites excluding steroid dienone is 1. The van der Waals surface area contributed by atoms with Gasteiger partial charge in [-0.2, -0.15) is 0 Å². The van der Waals surface area contributed by atoms with E-state index in [0.29, 0.717) is 0 Å². The molecule has 0 saturated heterocycles. The van der Waals surface area contributed by atoms with Crippen molar-refractivity contribution in [3.05, 3.63) is 77.9 Å². The Morgan fingerprint density at radius 3 is 2.19 bits per heavy atom. The average Bonchev–Trinajstić information content (AvgIpc) is 2.92. The van der Waals surface area contributed by atoms with Crippen LogP contribution >= 0.6 is 0 Å². The minimum absolute atomic E-state index is 0.268. The zero-order valence-electron chi connectivity index (χ0n) is 12.7. The van der Waals surface area contributed by atoms with Gasteiger partial charge in [0.05, 0.1) is 5.71 Å². The van der Waals surface area contributed by atoms with Crippen LogP contribution in [-0.2, 0) is 5.54 Å². The van der Waals surface area contributed by atoms with Gasteiger partial charge in [-0.15, -0.1) is 0 Å². The Hall–Kier alpha value is -2.35. The van der Waals surface area contributed by atoms with E-state index in [0.717, 1.165) is 5.71 Å². The second-order valence-electron chi connectivity index (χ2n) is 5.79. The largest absolute Gasteiger partial charge is 0.378 e. The van der Waals surface area contributed by atoms with Crippen molar-refractivity contribution in [3.8, 4) is 0 Å². The third kappa shape index (κ3) is 2.62. The number of anilines is 1. The fraction of sp³-hybridized carbons (Fsp3) is 0.211. The molecule has 0 radical (unpaired) electrons. The van der Waals surface area contributed by atoms with Crippen LogP contribution in [0.25, 0.3) is 0 Å². The van der Waals surface area contributed by atoms with Crippen molar-refractivity contribution in [3.63, 3.8) is 0 Å². The van der Waals surface area contributed by atoms with Gasteiger partial charge in [0.25, 0.3) is 0 Å². The smallest absolute Gasteiger partial charge is 0.102 e. The standard InChI is InChI=1S/C19H20N2/c1-19(16-9-11-17(12-10-16)21(2)3)14-13-18(20-19)15-7-5-4-6-8-15/h4-14H,1-3H3. The molecule has 2 heteroatoms. The minimum atomic E-state index is -0.268. The van der Waals surface area contributed by atoms with Crippen molar-refractivity contribution in [1.82, 2.24) is 0 Å². The Kier molecular flexibility index (Phi) is 3.38. The van der Waals surface area contributed by atoms with Crippen LogP contribution in [0.2, 0.25) is 0 Å². The second-order valence-corrected chi connectivity index (χ2v) is 5.79. The van der Waals surface area contributed by atoms with Crippen molar-refractivity contribution in [2.24, 2.45) is 4.99 Å². The van der Waals surface area contributed by atoms with E-state index in [9.17, 15) is 0 Å². The zero-order valence-corrected chi connectivity index (χ0v) is 12.7. The Bertz CT molecular complexity index is 681. The molecule has 1 atom stereocenters. The van der Waals surface area contributed by atoms with E-state index in [1.165, 1.54) is 16.8 Å². The van der Waals surface area contributed by atoms with Gasteiger partial charge >= 0.3 is 0 Å². The lowest BCUT2D eigenvalue weighted by molar-refractivity contribution is 0.646. The van der Waals surface area contributed by atoms with E-state index in [1.807, 2.05) is 18.2 Å². The van der Waals surface area contributed by atoms with Crippen LogP contribution in [0.15, 0.2) is 71.7 Å². The maximum Gasteiger partial charge on any atom is 0.102 e. The quantitative estimate of drug-likeness (QED) is 0.826. The highest BCUT2D eigenvalue weighted by molar-refractivity contribution is 6.10.